The van der Waals surface area contributed by atoms with Gasteiger partial charge in [-0.2, -0.15) is 16.9 Å². The van der Waals surface area contributed by atoms with Gasteiger partial charge in [-0.05, 0) is 43.9 Å². The summed E-state index contributed by atoms with van der Waals surface area (Å²) < 4.78 is 2.10. The second-order valence-electron chi connectivity index (χ2n) is 4.63. The Morgan fingerprint density at radius 2 is 2.11 bits per heavy atom. The maximum absolute atomic E-state index is 4.33. The third-order valence-electron chi connectivity index (χ3n) is 3.00. The van der Waals surface area contributed by atoms with E-state index in [1.807, 2.05) is 18.0 Å². The molecule has 1 aromatic rings. The zero-order valence-corrected chi connectivity index (χ0v) is 12.6. The van der Waals surface area contributed by atoms with Crippen LogP contribution in [0.2, 0.25) is 0 Å². The molecule has 0 aliphatic carbocycles. The maximum atomic E-state index is 4.33. The molecule has 0 amide bonds. The van der Waals surface area contributed by atoms with Crippen molar-refractivity contribution in [2.24, 2.45) is 0 Å². The van der Waals surface area contributed by atoms with Crippen molar-refractivity contribution < 1.29 is 0 Å². The van der Waals surface area contributed by atoms with Gasteiger partial charge in [0.25, 0.3) is 0 Å². The first-order valence-corrected chi connectivity index (χ1v) is 8.48. The summed E-state index contributed by atoms with van der Waals surface area (Å²) >= 11 is 1.95. The summed E-state index contributed by atoms with van der Waals surface area (Å²) in [6, 6.07) is 2.11. The number of hydrogen-bond donors (Lipinski definition) is 1. The Balaban J connectivity index is 2.01. The predicted octanol–water partition coefficient (Wildman–Crippen LogP) is 3.31. The van der Waals surface area contributed by atoms with Gasteiger partial charge in [0.1, 0.15) is 0 Å². The minimum absolute atomic E-state index is 0.949. The number of unbranched alkanes of at least 4 members (excludes halogenated alkanes) is 3. The molecule has 0 fully saturated rings. The van der Waals surface area contributed by atoms with Crippen molar-refractivity contribution >= 4 is 11.8 Å². The van der Waals surface area contributed by atoms with Gasteiger partial charge in [-0.3, -0.25) is 4.68 Å². The highest BCUT2D eigenvalue weighted by molar-refractivity contribution is 7.98. The van der Waals surface area contributed by atoms with E-state index in [0.717, 1.165) is 26.1 Å². The molecule has 0 atom stereocenters. The molecule has 1 heterocycles. The largest absolute Gasteiger partial charge is 0.311 e. The van der Waals surface area contributed by atoms with Crippen LogP contribution in [0.5, 0.6) is 0 Å². The van der Waals surface area contributed by atoms with Crippen LogP contribution < -0.4 is 5.32 Å². The molecular formula is C14H27N3S. The molecule has 18 heavy (non-hydrogen) atoms. The lowest BCUT2D eigenvalue weighted by Gasteiger charge is -2.07. The predicted molar refractivity (Wildman–Crippen MR) is 81.1 cm³/mol. The van der Waals surface area contributed by atoms with Crippen molar-refractivity contribution in [1.82, 2.24) is 15.1 Å². The first-order chi connectivity index (χ1) is 8.88. The Morgan fingerprint density at radius 3 is 2.89 bits per heavy atom. The topological polar surface area (TPSA) is 29.9 Å². The van der Waals surface area contributed by atoms with Crippen LogP contribution in [0, 0.1) is 0 Å². The fraction of sp³-hybridized carbons (Fsp3) is 0.786. The quantitative estimate of drug-likeness (QED) is 0.625. The molecule has 0 saturated heterocycles. The number of thioether (sulfide) groups is 1. The van der Waals surface area contributed by atoms with Gasteiger partial charge in [0.05, 0.1) is 5.69 Å². The number of nitrogens with one attached hydrogen (secondary N) is 1. The van der Waals surface area contributed by atoms with Crippen molar-refractivity contribution in [2.45, 2.75) is 52.1 Å². The molecule has 0 saturated carbocycles. The number of nitrogens with zero attached hydrogens (tertiary/aromatic N) is 2. The van der Waals surface area contributed by atoms with E-state index in [-0.39, 0.29) is 0 Å². The second-order valence-corrected chi connectivity index (χ2v) is 5.62. The highest BCUT2D eigenvalue weighted by atomic mass is 32.2. The lowest BCUT2D eigenvalue weighted by molar-refractivity contribution is 0.538. The van der Waals surface area contributed by atoms with Crippen LogP contribution in [0.25, 0.3) is 0 Å². The van der Waals surface area contributed by atoms with Gasteiger partial charge in [0, 0.05) is 19.3 Å². The van der Waals surface area contributed by atoms with E-state index < -0.39 is 0 Å². The Labute approximate surface area is 116 Å². The molecule has 0 aliphatic heterocycles. The highest BCUT2D eigenvalue weighted by Gasteiger charge is 2.00. The van der Waals surface area contributed by atoms with Gasteiger partial charge in [0.15, 0.2) is 0 Å². The van der Waals surface area contributed by atoms with Gasteiger partial charge < -0.3 is 5.32 Å². The van der Waals surface area contributed by atoms with Crippen LogP contribution in [0.3, 0.4) is 0 Å². The molecule has 1 aromatic heterocycles. The standard InChI is InChI=1S/C14H27N3S/c1-3-11-17-14(8-10-16-17)13-15-9-6-4-5-7-12-18-2/h8,10,15H,3-7,9,11-13H2,1-2H3. The molecular weight excluding hydrogens is 242 g/mol. The fourth-order valence-electron chi connectivity index (χ4n) is 1.99. The first-order valence-electron chi connectivity index (χ1n) is 7.08. The van der Waals surface area contributed by atoms with E-state index in [1.54, 1.807) is 0 Å². The maximum Gasteiger partial charge on any atom is 0.0522 e. The molecule has 104 valence electrons. The van der Waals surface area contributed by atoms with Gasteiger partial charge in [-0.15, -0.1) is 0 Å². The zero-order chi connectivity index (χ0) is 13.1. The van der Waals surface area contributed by atoms with Crippen molar-refractivity contribution in [3.8, 4) is 0 Å². The number of aromatic nitrogens is 2. The summed E-state index contributed by atoms with van der Waals surface area (Å²) in [5.41, 5.74) is 1.30. The molecule has 0 unspecified atom stereocenters. The van der Waals surface area contributed by atoms with Gasteiger partial charge in [0.2, 0.25) is 0 Å². The average Bonchev–Trinajstić information content (AvgIpc) is 2.81. The van der Waals surface area contributed by atoms with Gasteiger partial charge >= 0.3 is 0 Å². The fourth-order valence-corrected chi connectivity index (χ4v) is 2.48. The van der Waals surface area contributed by atoms with E-state index in [0.29, 0.717) is 0 Å². The lowest BCUT2D eigenvalue weighted by Crippen LogP contribution is -2.18. The van der Waals surface area contributed by atoms with Crippen LogP contribution >= 0.6 is 11.8 Å². The minimum atomic E-state index is 0.949. The third-order valence-corrected chi connectivity index (χ3v) is 3.69. The monoisotopic (exact) mass is 269 g/mol. The molecule has 0 spiro atoms. The highest BCUT2D eigenvalue weighted by Crippen LogP contribution is 2.04. The van der Waals surface area contributed by atoms with Crippen molar-refractivity contribution in [3.63, 3.8) is 0 Å². The molecule has 0 aliphatic rings. The van der Waals surface area contributed by atoms with E-state index in [2.05, 4.69) is 34.3 Å². The molecule has 4 heteroatoms. The van der Waals surface area contributed by atoms with E-state index in [9.17, 15) is 0 Å². The summed E-state index contributed by atoms with van der Waals surface area (Å²) in [6.07, 6.45) is 10.6. The summed E-state index contributed by atoms with van der Waals surface area (Å²) in [5, 5.41) is 7.84. The number of hydrogen-bond acceptors (Lipinski definition) is 3. The normalized spacial score (nSPS) is 11.0. The van der Waals surface area contributed by atoms with Gasteiger partial charge in [-0.1, -0.05) is 19.8 Å². The van der Waals surface area contributed by atoms with Crippen LogP contribution in [0.1, 0.15) is 44.7 Å². The summed E-state index contributed by atoms with van der Waals surface area (Å²) in [7, 11) is 0. The smallest absolute Gasteiger partial charge is 0.0522 e. The zero-order valence-electron chi connectivity index (χ0n) is 11.8. The molecule has 0 radical (unpaired) electrons. The number of aryl methyl sites for hydroxylation is 1. The molecule has 1 rings (SSSR count). The molecule has 3 nitrogen and oxygen atoms in total. The van der Waals surface area contributed by atoms with Crippen molar-refractivity contribution in [1.29, 1.82) is 0 Å². The van der Waals surface area contributed by atoms with Crippen molar-refractivity contribution in [2.75, 3.05) is 18.6 Å². The Bertz CT molecular complexity index is 299. The number of rotatable bonds is 11. The molecule has 1 N–H and O–H groups in total. The molecule has 0 aromatic carbocycles. The lowest BCUT2D eigenvalue weighted by atomic mass is 10.2. The molecule has 0 bridgehead atoms. The van der Waals surface area contributed by atoms with Crippen LogP contribution in [0.15, 0.2) is 12.3 Å². The van der Waals surface area contributed by atoms with E-state index in [4.69, 9.17) is 0 Å². The summed E-state index contributed by atoms with van der Waals surface area (Å²) in [6.45, 7) is 5.29. The summed E-state index contributed by atoms with van der Waals surface area (Å²) in [4.78, 5) is 0. The van der Waals surface area contributed by atoms with Crippen LogP contribution in [0.4, 0.5) is 0 Å². The SMILES string of the molecule is CCCn1nccc1CNCCCCCCSC. The average molecular weight is 269 g/mol. The second kappa shape index (κ2) is 10.4. The van der Waals surface area contributed by atoms with Crippen LogP contribution in [-0.2, 0) is 13.1 Å². The Morgan fingerprint density at radius 1 is 1.28 bits per heavy atom. The Hall–Kier alpha value is -0.480. The third kappa shape index (κ3) is 6.45. The van der Waals surface area contributed by atoms with Gasteiger partial charge in [-0.25, -0.2) is 0 Å². The van der Waals surface area contributed by atoms with Crippen molar-refractivity contribution in [3.05, 3.63) is 18.0 Å². The van der Waals surface area contributed by atoms with E-state index in [1.165, 1.54) is 37.1 Å². The first kappa shape index (κ1) is 15.6. The Kier molecular flexibility index (Phi) is 9.04. The summed E-state index contributed by atoms with van der Waals surface area (Å²) in [5.74, 6) is 1.31. The van der Waals surface area contributed by atoms with E-state index >= 15 is 0 Å². The minimum Gasteiger partial charge on any atom is -0.311 e. The van der Waals surface area contributed by atoms with Crippen LogP contribution in [-0.4, -0.2) is 28.3 Å².